The molecule has 0 radical (unpaired) electrons. The van der Waals surface area contributed by atoms with Crippen LogP contribution in [0, 0.1) is 0 Å². The summed E-state index contributed by atoms with van der Waals surface area (Å²) in [4.78, 5) is -0.0790. The van der Waals surface area contributed by atoms with Gasteiger partial charge in [0.15, 0.2) is 0 Å². The van der Waals surface area contributed by atoms with Gasteiger partial charge in [-0.15, -0.1) is 0 Å². The molecule has 0 aliphatic heterocycles. The van der Waals surface area contributed by atoms with Crippen LogP contribution in [-0.2, 0) is 87.2 Å². The summed E-state index contributed by atoms with van der Waals surface area (Å²) >= 11 is 0. The van der Waals surface area contributed by atoms with Gasteiger partial charge < -0.3 is 18.2 Å². The molecule has 0 saturated carbocycles. The fourth-order valence-corrected chi connectivity index (χ4v) is 19.5. The zero-order valence-electron chi connectivity index (χ0n) is 69.6. The Morgan fingerprint density at radius 3 is 0.460 bits per heavy atom. The number of benzene rings is 8. The van der Waals surface area contributed by atoms with E-state index in [4.69, 9.17) is 0 Å². The molecule has 0 aliphatic rings. The van der Waals surface area contributed by atoms with Gasteiger partial charge in [-0.05, 0) is 117 Å². The van der Waals surface area contributed by atoms with Crippen LogP contribution in [0.25, 0.3) is 43.1 Å². The molecule has 0 N–H and O–H groups in total. The van der Waals surface area contributed by atoms with Crippen molar-refractivity contribution >= 4 is 83.6 Å². The van der Waals surface area contributed by atoms with Crippen molar-refractivity contribution in [2.24, 2.45) is 0 Å². The third kappa shape index (κ3) is 40.4. The Balaban J connectivity index is 0.000000317. The third-order valence-electron chi connectivity index (χ3n) is 22.0. The van der Waals surface area contributed by atoms with Crippen molar-refractivity contribution < 1.29 is 72.9 Å². The Bertz CT molecular complexity index is 3810. The summed E-state index contributed by atoms with van der Waals surface area (Å²) in [7, 11) is -17.9. The first kappa shape index (κ1) is 100. The molecule has 12 nitrogen and oxygen atoms in total. The molecule has 0 atom stereocenters. The Morgan fingerprint density at radius 1 is 0.186 bits per heavy atom. The standard InChI is InChI=1S/4C24H36O3S.Mo/c4*1-2-3-4-5-6-7-8-9-10-11-12-13-17-22-20-19-21-16-14-15-18-23(21)24(22)28(25,26)27;/h4*14-16,18-20H,2-13,17H2,1H3,(H,25,26,27);/q;;;;+4/p-4. The summed E-state index contributed by atoms with van der Waals surface area (Å²) in [5.41, 5.74) is 2.67. The van der Waals surface area contributed by atoms with Crippen molar-refractivity contribution in [3.63, 3.8) is 0 Å². The minimum atomic E-state index is -4.48. The quantitative estimate of drug-likeness (QED) is 0.0197. The number of hydrogen-bond acceptors (Lipinski definition) is 12. The maximum Gasteiger partial charge on any atom is 4.00 e. The van der Waals surface area contributed by atoms with Gasteiger partial charge in [-0.3, -0.25) is 0 Å². The van der Waals surface area contributed by atoms with Crippen LogP contribution in [0.3, 0.4) is 0 Å². The van der Waals surface area contributed by atoms with Crippen molar-refractivity contribution in [1.82, 2.24) is 0 Å². The summed E-state index contributed by atoms with van der Waals surface area (Å²) in [5, 5.41) is 5.40. The largest absolute Gasteiger partial charge is 4.00 e. The van der Waals surface area contributed by atoms with Crippen LogP contribution >= 0.6 is 0 Å². The molecule has 0 aromatic heterocycles. The van der Waals surface area contributed by atoms with E-state index in [2.05, 4.69) is 27.7 Å². The summed E-state index contributed by atoms with van der Waals surface area (Å²) in [6.45, 7) is 9.00. The van der Waals surface area contributed by atoms with Gasteiger partial charge in [0, 0.05) is 0 Å². The maximum absolute atomic E-state index is 11.8. The van der Waals surface area contributed by atoms with E-state index in [0.717, 1.165) is 72.9 Å². The third-order valence-corrected chi connectivity index (χ3v) is 26.0. The van der Waals surface area contributed by atoms with Crippen LogP contribution in [0.1, 0.15) is 358 Å². The Hall–Kier alpha value is -4.87. The molecule has 0 spiro atoms. The van der Waals surface area contributed by atoms with E-state index < -0.39 is 40.5 Å². The summed E-state index contributed by atoms with van der Waals surface area (Å²) in [5.74, 6) is 0. The molecular formula is C96H140MoO12S4. The van der Waals surface area contributed by atoms with Gasteiger partial charge >= 0.3 is 21.1 Å². The van der Waals surface area contributed by atoms with Gasteiger partial charge in [-0.25, -0.2) is 33.7 Å². The van der Waals surface area contributed by atoms with Crippen molar-refractivity contribution in [2.45, 2.75) is 381 Å². The second kappa shape index (κ2) is 58.9. The first-order valence-corrected chi connectivity index (χ1v) is 49.6. The molecule has 0 heterocycles. The van der Waals surface area contributed by atoms with E-state index in [1.165, 1.54) is 257 Å². The van der Waals surface area contributed by atoms with E-state index in [9.17, 15) is 51.9 Å². The molecule has 0 bridgehead atoms. The van der Waals surface area contributed by atoms with Crippen molar-refractivity contribution in [3.8, 4) is 0 Å². The molecule has 8 aromatic rings. The van der Waals surface area contributed by atoms with Crippen LogP contribution in [0.2, 0.25) is 0 Å². The van der Waals surface area contributed by atoms with E-state index in [-0.39, 0.29) is 40.6 Å². The van der Waals surface area contributed by atoms with E-state index in [1.807, 2.05) is 97.1 Å². The molecule has 0 fully saturated rings. The van der Waals surface area contributed by atoms with E-state index >= 15 is 0 Å². The van der Waals surface area contributed by atoms with Crippen molar-refractivity contribution in [2.75, 3.05) is 0 Å². The monoisotopic (exact) mass is 1710 g/mol. The minimum absolute atomic E-state index is 0. The molecular weight excluding hydrogens is 1570 g/mol. The SMILES string of the molecule is CCCCCCCCCCCCCCc1ccc2ccccc2c1S(=O)(=O)[O-].CCCCCCCCCCCCCCc1ccc2ccccc2c1S(=O)(=O)[O-].CCCCCCCCCCCCCCc1ccc2ccccc2c1S(=O)(=O)[O-].CCCCCCCCCCCCCCc1ccc2ccccc2c1S(=O)(=O)[O-].[Mo+4]. The summed E-state index contributed by atoms with van der Waals surface area (Å²) < 4.78 is 142. The molecule has 17 heteroatoms. The van der Waals surface area contributed by atoms with Gasteiger partial charge in [0.05, 0.1) is 19.6 Å². The predicted octanol–water partition coefficient (Wildman–Crippen LogP) is 27.9. The normalized spacial score (nSPS) is 11.8. The maximum atomic E-state index is 11.8. The zero-order valence-corrected chi connectivity index (χ0v) is 74.8. The Labute approximate surface area is 700 Å². The van der Waals surface area contributed by atoms with Crippen LogP contribution in [0.4, 0.5) is 0 Å². The molecule has 8 rings (SSSR count). The fraction of sp³-hybridized carbons (Fsp3) is 0.583. The Morgan fingerprint density at radius 2 is 0.319 bits per heavy atom. The average molecular weight is 1710 g/mol. The van der Waals surface area contributed by atoms with Crippen LogP contribution in [0.15, 0.2) is 165 Å². The first-order valence-electron chi connectivity index (χ1n) is 44.0. The second-order valence-corrected chi connectivity index (χ2v) is 36.7. The van der Waals surface area contributed by atoms with Crippen LogP contribution in [-0.4, -0.2) is 51.9 Å². The van der Waals surface area contributed by atoms with Crippen molar-refractivity contribution in [3.05, 3.63) is 168 Å². The minimum Gasteiger partial charge on any atom is -0.744 e. The molecule has 626 valence electrons. The van der Waals surface area contributed by atoms with Gasteiger partial charge in [0.1, 0.15) is 40.5 Å². The number of hydrogen-bond donors (Lipinski definition) is 0. The first-order chi connectivity index (χ1) is 54.1. The van der Waals surface area contributed by atoms with Crippen LogP contribution < -0.4 is 0 Å². The Kier molecular flexibility index (Phi) is 52.4. The molecule has 8 aromatic carbocycles. The molecule has 0 unspecified atom stereocenters. The topological polar surface area (TPSA) is 229 Å². The molecule has 113 heavy (non-hydrogen) atoms. The summed E-state index contributed by atoms with van der Waals surface area (Å²) in [6, 6.07) is 43.8. The number of rotatable bonds is 56. The number of aryl methyl sites for hydroxylation is 4. The second-order valence-electron chi connectivity index (χ2n) is 31.5. The van der Waals surface area contributed by atoms with E-state index in [0.29, 0.717) is 69.5 Å². The average Bonchev–Trinajstić information content (AvgIpc) is 0.803. The van der Waals surface area contributed by atoms with Gasteiger partial charge in [0.2, 0.25) is 0 Å². The fourth-order valence-electron chi connectivity index (χ4n) is 15.7. The number of fused-ring (bicyclic) bond motifs is 4. The van der Waals surface area contributed by atoms with Gasteiger partial charge in [-0.1, -0.05) is 456 Å². The number of unbranched alkanes of at least 4 members (excludes halogenated alkanes) is 44. The molecule has 0 amide bonds. The smallest absolute Gasteiger partial charge is 0.744 e. The molecule has 0 saturated heterocycles. The summed E-state index contributed by atoms with van der Waals surface area (Å²) in [6.07, 6.45) is 63.5. The predicted molar refractivity (Wildman–Crippen MR) is 467 cm³/mol. The van der Waals surface area contributed by atoms with Crippen molar-refractivity contribution in [1.29, 1.82) is 0 Å². The zero-order chi connectivity index (χ0) is 81.0. The molecule has 0 aliphatic carbocycles. The van der Waals surface area contributed by atoms with Gasteiger partial charge in [-0.2, -0.15) is 0 Å². The van der Waals surface area contributed by atoms with Gasteiger partial charge in [0.25, 0.3) is 0 Å². The van der Waals surface area contributed by atoms with E-state index in [1.54, 1.807) is 48.5 Å². The van der Waals surface area contributed by atoms with Crippen LogP contribution in [0.5, 0.6) is 0 Å².